The molecule has 0 aromatic carbocycles. The molecule has 1 unspecified atom stereocenters. The van der Waals surface area contributed by atoms with E-state index in [0.29, 0.717) is 12.6 Å². The SMILES string of the molecule is CCC1CN(Cc2sccc2C#CCN)CCO1. The van der Waals surface area contributed by atoms with Crippen molar-refractivity contribution in [2.24, 2.45) is 5.73 Å². The van der Waals surface area contributed by atoms with Gasteiger partial charge in [0.15, 0.2) is 0 Å². The van der Waals surface area contributed by atoms with Gasteiger partial charge in [0.1, 0.15) is 0 Å². The first-order valence-electron chi connectivity index (χ1n) is 6.42. The molecule has 2 heterocycles. The van der Waals surface area contributed by atoms with E-state index in [1.807, 2.05) is 0 Å². The average molecular weight is 264 g/mol. The molecule has 1 saturated heterocycles. The summed E-state index contributed by atoms with van der Waals surface area (Å²) in [6.45, 7) is 6.46. The van der Waals surface area contributed by atoms with Crippen LogP contribution in [0.4, 0.5) is 0 Å². The zero-order valence-corrected chi connectivity index (χ0v) is 11.6. The van der Waals surface area contributed by atoms with Crippen molar-refractivity contribution in [2.45, 2.75) is 26.0 Å². The van der Waals surface area contributed by atoms with Crippen LogP contribution in [-0.4, -0.2) is 37.2 Å². The zero-order valence-electron chi connectivity index (χ0n) is 10.8. The first kappa shape index (κ1) is 13.6. The Labute approximate surface area is 113 Å². The normalized spacial score (nSPS) is 20.4. The lowest BCUT2D eigenvalue weighted by molar-refractivity contribution is -0.0321. The highest BCUT2D eigenvalue weighted by atomic mass is 32.1. The lowest BCUT2D eigenvalue weighted by Gasteiger charge is -2.32. The van der Waals surface area contributed by atoms with Crippen molar-refractivity contribution in [3.05, 3.63) is 21.9 Å². The summed E-state index contributed by atoms with van der Waals surface area (Å²) in [4.78, 5) is 3.80. The number of hydrogen-bond acceptors (Lipinski definition) is 4. The van der Waals surface area contributed by atoms with Crippen molar-refractivity contribution in [3.8, 4) is 11.8 Å². The number of hydrogen-bond donors (Lipinski definition) is 1. The summed E-state index contributed by atoms with van der Waals surface area (Å²) in [5.74, 6) is 6.07. The highest BCUT2D eigenvalue weighted by Gasteiger charge is 2.19. The highest BCUT2D eigenvalue weighted by Crippen LogP contribution is 2.20. The minimum atomic E-state index is 0.386. The second-order valence-electron chi connectivity index (χ2n) is 4.40. The second kappa shape index (κ2) is 6.91. The van der Waals surface area contributed by atoms with Crippen molar-refractivity contribution >= 4 is 11.3 Å². The van der Waals surface area contributed by atoms with Gasteiger partial charge in [-0.05, 0) is 17.9 Å². The highest BCUT2D eigenvalue weighted by molar-refractivity contribution is 7.10. The van der Waals surface area contributed by atoms with Gasteiger partial charge < -0.3 is 10.5 Å². The maximum Gasteiger partial charge on any atom is 0.0700 e. The van der Waals surface area contributed by atoms with Gasteiger partial charge >= 0.3 is 0 Å². The van der Waals surface area contributed by atoms with Crippen molar-refractivity contribution < 1.29 is 4.74 Å². The van der Waals surface area contributed by atoms with E-state index in [2.05, 4.69) is 35.1 Å². The summed E-state index contributed by atoms with van der Waals surface area (Å²) in [6.07, 6.45) is 1.47. The maximum absolute atomic E-state index is 5.69. The largest absolute Gasteiger partial charge is 0.376 e. The zero-order chi connectivity index (χ0) is 12.8. The van der Waals surface area contributed by atoms with Gasteiger partial charge in [0.05, 0.1) is 19.3 Å². The van der Waals surface area contributed by atoms with Gasteiger partial charge in [-0.1, -0.05) is 18.8 Å². The number of nitrogens with two attached hydrogens (primary N) is 1. The third kappa shape index (κ3) is 3.56. The van der Waals surface area contributed by atoms with Crippen LogP contribution in [0.15, 0.2) is 11.4 Å². The van der Waals surface area contributed by atoms with Gasteiger partial charge in [-0.25, -0.2) is 0 Å². The Bertz CT molecular complexity index is 432. The molecular formula is C14H20N2OS. The molecule has 1 aromatic heterocycles. The molecule has 18 heavy (non-hydrogen) atoms. The molecular weight excluding hydrogens is 244 g/mol. The molecule has 4 heteroatoms. The summed E-state index contributed by atoms with van der Waals surface area (Å²) >= 11 is 1.78. The summed E-state index contributed by atoms with van der Waals surface area (Å²) in [5.41, 5.74) is 6.55. The summed E-state index contributed by atoms with van der Waals surface area (Å²) in [5, 5.41) is 2.10. The average Bonchev–Trinajstić information content (AvgIpc) is 2.84. The van der Waals surface area contributed by atoms with Crippen LogP contribution in [0.3, 0.4) is 0 Å². The smallest absolute Gasteiger partial charge is 0.0700 e. The van der Waals surface area contributed by atoms with Crippen LogP contribution in [0.1, 0.15) is 23.8 Å². The van der Waals surface area contributed by atoms with E-state index in [-0.39, 0.29) is 0 Å². The van der Waals surface area contributed by atoms with E-state index in [1.54, 1.807) is 11.3 Å². The molecule has 1 atom stereocenters. The lowest BCUT2D eigenvalue weighted by atomic mass is 10.2. The molecule has 2 N–H and O–H groups in total. The van der Waals surface area contributed by atoms with E-state index >= 15 is 0 Å². The van der Waals surface area contributed by atoms with Gasteiger partial charge in [-0.2, -0.15) is 0 Å². The number of morpholine rings is 1. The Hall–Kier alpha value is -0.860. The first-order valence-corrected chi connectivity index (χ1v) is 7.30. The number of nitrogens with zero attached hydrogens (tertiary/aromatic N) is 1. The Morgan fingerprint density at radius 3 is 3.28 bits per heavy atom. The quantitative estimate of drug-likeness (QED) is 0.844. The lowest BCUT2D eigenvalue weighted by Crippen LogP contribution is -2.41. The van der Waals surface area contributed by atoms with Gasteiger partial charge in [-0.3, -0.25) is 4.90 Å². The third-order valence-electron chi connectivity index (χ3n) is 3.12. The van der Waals surface area contributed by atoms with E-state index in [1.165, 1.54) is 4.88 Å². The molecule has 0 radical (unpaired) electrons. The second-order valence-corrected chi connectivity index (χ2v) is 5.40. The van der Waals surface area contributed by atoms with E-state index in [9.17, 15) is 0 Å². The maximum atomic E-state index is 5.69. The molecule has 1 aromatic rings. The monoisotopic (exact) mass is 264 g/mol. The van der Waals surface area contributed by atoms with Crippen LogP contribution in [0.2, 0.25) is 0 Å². The fourth-order valence-electron chi connectivity index (χ4n) is 2.09. The predicted molar refractivity (Wildman–Crippen MR) is 75.6 cm³/mol. The third-order valence-corrected chi connectivity index (χ3v) is 4.02. The molecule has 3 nitrogen and oxygen atoms in total. The molecule has 1 aliphatic heterocycles. The number of rotatable bonds is 3. The van der Waals surface area contributed by atoms with Crippen molar-refractivity contribution in [1.29, 1.82) is 0 Å². The Kier molecular flexibility index (Phi) is 5.21. The summed E-state index contributed by atoms with van der Waals surface area (Å²) in [7, 11) is 0. The van der Waals surface area contributed by atoms with Gasteiger partial charge in [-0.15, -0.1) is 11.3 Å². The summed E-state index contributed by atoms with van der Waals surface area (Å²) in [6, 6.07) is 2.08. The first-order chi connectivity index (χ1) is 8.83. The molecule has 0 aliphatic carbocycles. The van der Waals surface area contributed by atoms with Crippen LogP contribution in [-0.2, 0) is 11.3 Å². The minimum Gasteiger partial charge on any atom is -0.376 e. The molecule has 0 spiro atoms. The molecule has 1 aliphatic rings. The summed E-state index contributed by atoms with van der Waals surface area (Å²) < 4.78 is 5.69. The van der Waals surface area contributed by atoms with Crippen molar-refractivity contribution in [3.63, 3.8) is 0 Å². The Morgan fingerprint density at radius 2 is 2.50 bits per heavy atom. The van der Waals surface area contributed by atoms with E-state index < -0.39 is 0 Å². The van der Waals surface area contributed by atoms with Crippen LogP contribution in [0, 0.1) is 11.8 Å². The van der Waals surface area contributed by atoms with Crippen LogP contribution in [0.5, 0.6) is 0 Å². The molecule has 0 saturated carbocycles. The van der Waals surface area contributed by atoms with Crippen LogP contribution in [0.25, 0.3) is 0 Å². The molecule has 1 fully saturated rings. The fourth-order valence-corrected chi connectivity index (χ4v) is 2.97. The van der Waals surface area contributed by atoms with E-state index in [0.717, 1.165) is 38.2 Å². The Morgan fingerprint density at radius 1 is 1.61 bits per heavy atom. The predicted octanol–water partition coefficient (Wildman–Crippen LogP) is 1.67. The van der Waals surface area contributed by atoms with Crippen LogP contribution < -0.4 is 5.73 Å². The fraction of sp³-hybridized carbons (Fsp3) is 0.571. The molecule has 98 valence electrons. The topological polar surface area (TPSA) is 38.5 Å². The molecule has 0 bridgehead atoms. The number of thiophene rings is 1. The van der Waals surface area contributed by atoms with Gasteiger partial charge in [0.25, 0.3) is 0 Å². The standard InChI is InChI=1S/C14H20N2OS/c1-2-13-10-16(7-8-17-13)11-14-12(4-3-6-15)5-9-18-14/h5,9,13H,2,6-8,10-11,15H2,1H3. The number of ether oxygens (including phenoxy) is 1. The Balaban J connectivity index is 1.98. The van der Waals surface area contributed by atoms with Crippen LogP contribution >= 0.6 is 11.3 Å². The van der Waals surface area contributed by atoms with Gasteiger partial charge in [0, 0.05) is 30.1 Å². The van der Waals surface area contributed by atoms with E-state index in [4.69, 9.17) is 10.5 Å². The minimum absolute atomic E-state index is 0.386. The molecule has 0 amide bonds. The molecule has 2 rings (SSSR count). The van der Waals surface area contributed by atoms with Crippen molar-refractivity contribution in [2.75, 3.05) is 26.2 Å². The van der Waals surface area contributed by atoms with Crippen molar-refractivity contribution in [1.82, 2.24) is 4.90 Å². The van der Waals surface area contributed by atoms with Gasteiger partial charge in [0.2, 0.25) is 0 Å².